The van der Waals surface area contributed by atoms with Crippen LogP contribution in [0, 0.1) is 0 Å². The van der Waals surface area contributed by atoms with Crippen molar-refractivity contribution >= 4 is 15.9 Å². The maximum atomic E-state index is 12.2. The summed E-state index contributed by atoms with van der Waals surface area (Å²) >= 11 is 0. The van der Waals surface area contributed by atoms with Crippen LogP contribution in [0.15, 0.2) is 24.3 Å². The molecule has 20 heavy (non-hydrogen) atoms. The number of rotatable bonds is 5. The van der Waals surface area contributed by atoms with Gasteiger partial charge in [0.05, 0.1) is 5.25 Å². The molecule has 0 bridgehead atoms. The van der Waals surface area contributed by atoms with Crippen LogP contribution in [-0.4, -0.2) is 26.1 Å². The maximum Gasteiger partial charge on any atom is 0.251 e. The second-order valence-electron chi connectivity index (χ2n) is 5.72. The lowest BCUT2D eigenvalue weighted by molar-refractivity contribution is 0.0952. The van der Waals surface area contributed by atoms with Crippen LogP contribution >= 0.6 is 0 Å². The summed E-state index contributed by atoms with van der Waals surface area (Å²) in [6.07, 6.45) is 2.15. The van der Waals surface area contributed by atoms with Gasteiger partial charge in [-0.1, -0.05) is 25.1 Å². The number of nitrogens with one attached hydrogen (secondary N) is 1. The summed E-state index contributed by atoms with van der Waals surface area (Å²) in [5.41, 5.74) is 1.73. The second-order valence-corrected chi connectivity index (χ2v) is 7.70. The molecule has 1 aromatic carbocycles. The molecule has 1 aliphatic rings. The van der Waals surface area contributed by atoms with Crippen LogP contribution in [0.2, 0.25) is 0 Å². The van der Waals surface area contributed by atoms with E-state index < -0.39 is 15.3 Å². The molecule has 0 radical (unpaired) electrons. The van der Waals surface area contributed by atoms with Crippen LogP contribution in [0.25, 0.3) is 0 Å². The molecule has 1 saturated carbocycles. The Kier molecular flexibility index (Phi) is 3.88. The molecule has 0 aliphatic heterocycles. The molecule has 1 fully saturated rings. The molecule has 2 rings (SSSR count). The molecular weight excluding hydrogens is 276 g/mol. The van der Waals surface area contributed by atoms with Crippen LogP contribution in [0.4, 0.5) is 0 Å². The number of carbonyl (C=O) groups is 1. The number of hydrogen-bond acceptors (Lipinski definition) is 3. The average Bonchev–Trinajstić information content (AvgIpc) is 3.13. The van der Waals surface area contributed by atoms with Crippen LogP contribution < -0.4 is 10.5 Å². The summed E-state index contributed by atoms with van der Waals surface area (Å²) in [5, 5.41) is 6.89. The first-order chi connectivity index (χ1) is 9.24. The zero-order valence-electron chi connectivity index (χ0n) is 11.7. The summed E-state index contributed by atoms with van der Waals surface area (Å²) in [5.74, 6) is -0.246. The second kappa shape index (κ2) is 5.18. The Morgan fingerprint density at radius 1 is 1.40 bits per heavy atom. The van der Waals surface area contributed by atoms with Crippen molar-refractivity contribution in [1.82, 2.24) is 5.32 Å². The van der Waals surface area contributed by atoms with Crippen molar-refractivity contribution < 1.29 is 13.2 Å². The molecule has 1 aliphatic carbocycles. The van der Waals surface area contributed by atoms with Crippen LogP contribution in [0.3, 0.4) is 0 Å². The minimum Gasteiger partial charge on any atom is -0.351 e. The first-order valence-electron chi connectivity index (χ1n) is 6.63. The number of benzene rings is 1. The summed E-state index contributed by atoms with van der Waals surface area (Å²) in [6.45, 7) is 3.62. The van der Waals surface area contributed by atoms with Crippen LogP contribution in [0.5, 0.6) is 0 Å². The number of sulfonamides is 1. The predicted octanol–water partition coefficient (Wildman–Crippen LogP) is 1.14. The molecule has 1 aromatic rings. The zero-order chi connectivity index (χ0) is 15.0. The van der Waals surface area contributed by atoms with E-state index in [1.165, 1.54) is 6.92 Å². The summed E-state index contributed by atoms with van der Waals surface area (Å²) in [6, 6.07) is 7.47. The van der Waals surface area contributed by atoms with E-state index in [1.807, 2.05) is 18.2 Å². The molecule has 6 heteroatoms. The highest BCUT2D eigenvalue weighted by Crippen LogP contribution is 2.48. The number of carbonyl (C=O) groups excluding carboxylic acids is 1. The third kappa shape index (κ3) is 3.19. The molecule has 3 N–H and O–H groups in total. The number of hydrogen-bond donors (Lipinski definition) is 2. The average molecular weight is 296 g/mol. The van der Waals surface area contributed by atoms with Gasteiger partial charge in [-0.25, -0.2) is 13.6 Å². The van der Waals surface area contributed by atoms with Gasteiger partial charge in [0.2, 0.25) is 10.0 Å². The SMILES string of the molecule is CC(CNC(=O)c1ccccc1C1(C)CC1)S(N)(=O)=O. The monoisotopic (exact) mass is 296 g/mol. The number of nitrogens with two attached hydrogens (primary N) is 1. The largest absolute Gasteiger partial charge is 0.351 e. The van der Waals surface area contributed by atoms with E-state index in [-0.39, 0.29) is 17.9 Å². The zero-order valence-corrected chi connectivity index (χ0v) is 12.5. The molecule has 1 amide bonds. The van der Waals surface area contributed by atoms with Gasteiger partial charge >= 0.3 is 0 Å². The van der Waals surface area contributed by atoms with E-state index >= 15 is 0 Å². The smallest absolute Gasteiger partial charge is 0.251 e. The van der Waals surface area contributed by atoms with Gasteiger partial charge in [0.15, 0.2) is 0 Å². The van der Waals surface area contributed by atoms with Crippen molar-refractivity contribution in [3.05, 3.63) is 35.4 Å². The van der Waals surface area contributed by atoms with Gasteiger partial charge in [0.1, 0.15) is 0 Å². The Bertz CT molecular complexity index is 621. The van der Waals surface area contributed by atoms with Gasteiger partial charge in [0, 0.05) is 12.1 Å². The van der Waals surface area contributed by atoms with Gasteiger partial charge in [0.25, 0.3) is 5.91 Å². The van der Waals surface area contributed by atoms with E-state index in [4.69, 9.17) is 5.14 Å². The molecule has 1 atom stereocenters. The third-order valence-electron chi connectivity index (χ3n) is 3.93. The van der Waals surface area contributed by atoms with Gasteiger partial charge in [-0.2, -0.15) is 0 Å². The lowest BCUT2D eigenvalue weighted by Crippen LogP contribution is -2.38. The molecule has 0 spiro atoms. The van der Waals surface area contributed by atoms with Crippen LogP contribution in [-0.2, 0) is 15.4 Å². The van der Waals surface area contributed by atoms with Crippen molar-refractivity contribution in [3.63, 3.8) is 0 Å². The molecule has 0 saturated heterocycles. The Labute approximate surface area is 119 Å². The first-order valence-corrected chi connectivity index (χ1v) is 8.24. The highest BCUT2D eigenvalue weighted by molar-refractivity contribution is 7.89. The van der Waals surface area contributed by atoms with Crippen molar-refractivity contribution in [2.75, 3.05) is 6.54 Å². The van der Waals surface area contributed by atoms with E-state index in [2.05, 4.69) is 12.2 Å². The van der Waals surface area contributed by atoms with Crippen molar-refractivity contribution in [2.24, 2.45) is 5.14 Å². The predicted molar refractivity (Wildman–Crippen MR) is 77.9 cm³/mol. The van der Waals surface area contributed by atoms with E-state index in [0.29, 0.717) is 5.56 Å². The van der Waals surface area contributed by atoms with Crippen molar-refractivity contribution in [3.8, 4) is 0 Å². The highest BCUT2D eigenvalue weighted by atomic mass is 32.2. The Hall–Kier alpha value is -1.40. The van der Waals surface area contributed by atoms with Gasteiger partial charge < -0.3 is 5.32 Å². The van der Waals surface area contributed by atoms with Crippen molar-refractivity contribution in [1.29, 1.82) is 0 Å². The maximum absolute atomic E-state index is 12.2. The van der Waals surface area contributed by atoms with Gasteiger partial charge in [-0.3, -0.25) is 4.79 Å². The normalized spacial score (nSPS) is 18.4. The quantitative estimate of drug-likeness (QED) is 0.854. The fourth-order valence-electron chi connectivity index (χ4n) is 2.11. The minimum absolute atomic E-state index is 0.0166. The first kappa shape index (κ1) is 15.0. The van der Waals surface area contributed by atoms with Crippen molar-refractivity contribution in [2.45, 2.75) is 37.4 Å². The third-order valence-corrected chi connectivity index (χ3v) is 5.22. The van der Waals surface area contributed by atoms with Gasteiger partial charge in [-0.15, -0.1) is 0 Å². The highest BCUT2D eigenvalue weighted by Gasteiger charge is 2.41. The summed E-state index contributed by atoms with van der Waals surface area (Å²) in [7, 11) is -3.62. The molecule has 0 aromatic heterocycles. The van der Waals surface area contributed by atoms with Gasteiger partial charge in [-0.05, 0) is 36.8 Å². The number of amides is 1. The standard InChI is InChI=1S/C14H20N2O3S/c1-10(20(15,18)19)9-16-13(17)11-5-3-4-6-12(11)14(2)7-8-14/h3-6,10H,7-9H2,1-2H3,(H,16,17)(H2,15,18,19). The van der Waals surface area contributed by atoms with E-state index in [1.54, 1.807) is 6.07 Å². The van der Waals surface area contributed by atoms with Crippen LogP contribution in [0.1, 0.15) is 42.6 Å². The lowest BCUT2D eigenvalue weighted by Gasteiger charge is -2.16. The lowest BCUT2D eigenvalue weighted by atomic mass is 9.93. The molecule has 5 nitrogen and oxygen atoms in total. The summed E-state index contributed by atoms with van der Waals surface area (Å²) in [4.78, 5) is 12.2. The number of primary sulfonamides is 1. The fourth-order valence-corrected chi connectivity index (χ4v) is 2.43. The van der Waals surface area contributed by atoms with E-state index in [0.717, 1.165) is 18.4 Å². The molecule has 0 heterocycles. The fraction of sp³-hybridized carbons (Fsp3) is 0.500. The molecule has 110 valence electrons. The Morgan fingerprint density at radius 3 is 2.55 bits per heavy atom. The Morgan fingerprint density at radius 2 is 2.00 bits per heavy atom. The molecule has 1 unspecified atom stereocenters. The van der Waals surface area contributed by atoms with E-state index in [9.17, 15) is 13.2 Å². The Balaban J connectivity index is 2.11. The summed E-state index contributed by atoms with van der Waals surface area (Å²) < 4.78 is 22.3. The molecular formula is C14H20N2O3S. The minimum atomic E-state index is -3.62. The topological polar surface area (TPSA) is 89.3 Å².